The molecule has 4 heteroatoms. The van der Waals surface area contributed by atoms with Crippen molar-refractivity contribution in [3.8, 4) is 17.1 Å². The topological polar surface area (TPSA) is 50.4 Å². The van der Waals surface area contributed by atoms with E-state index in [1.54, 1.807) is 0 Å². The van der Waals surface area contributed by atoms with Crippen molar-refractivity contribution in [2.24, 2.45) is 0 Å². The minimum atomic E-state index is -0.526. The molecule has 2 aromatic carbocycles. The molecule has 3 rings (SSSR count). The van der Waals surface area contributed by atoms with Crippen molar-refractivity contribution in [3.05, 3.63) is 76.1 Å². The first kappa shape index (κ1) is 17.4. The minimum Gasteiger partial charge on any atom is -0.506 e. The average Bonchev–Trinajstić information content (AvgIpc) is 2.59. The second-order valence-corrected chi connectivity index (χ2v) is 7.25. The number of aromatic hydroxyl groups is 1. The maximum absolute atomic E-state index is 12.5. The predicted octanol–water partition coefficient (Wildman–Crippen LogP) is 5.60. The average molecular weight is 352 g/mol. The van der Waals surface area contributed by atoms with Crippen LogP contribution in [0.4, 0.5) is 0 Å². The molecule has 0 bridgehead atoms. The van der Waals surface area contributed by atoms with Crippen LogP contribution >= 0.6 is 11.8 Å². The van der Waals surface area contributed by atoms with E-state index in [0.717, 1.165) is 21.6 Å². The number of rotatable bonds is 4. The molecule has 0 aliphatic carbocycles. The monoisotopic (exact) mass is 352 g/mol. The summed E-state index contributed by atoms with van der Waals surface area (Å²) < 4.78 is 5.45. The Kier molecular flexibility index (Phi) is 5.00. The van der Waals surface area contributed by atoms with E-state index < -0.39 is 5.63 Å². The molecule has 0 atom stereocenters. The summed E-state index contributed by atoms with van der Waals surface area (Å²) in [6.45, 7) is 6.23. The van der Waals surface area contributed by atoms with Crippen LogP contribution < -0.4 is 5.63 Å². The van der Waals surface area contributed by atoms with Crippen LogP contribution in [0.1, 0.15) is 30.9 Å². The van der Waals surface area contributed by atoms with Gasteiger partial charge in [0.05, 0.1) is 0 Å². The summed E-state index contributed by atoms with van der Waals surface area (Å²) in [5, 5.41) is 10.4. The first-order chi connectivity index (χ1) is 12.0. The van der Waals surface area contributed by atoms with Crippen LogP contribution in [0.25, 0.3) is 11.3 Å². The van der Waals surface area contributed by atoms with Gasteiger partial charge in [0.2, 0.25) is 0 Å². The molecule has 0 unspecified atom stereocenters. The van der Waals surface area contributed by atoms with Gasteiger partial charge in [0.25, 0.3) is 0 Å². The summed E-state index contributed by atoms with van der Waals surface area (Å²) in [6.07, 6.45) is 0. The zero-order valence-electron chi connectivity index (χ0n) is 14.4. The first-order valence-electron chi connectivity index (χ1n) is 8.17. The predicted molar refractivity (Wildman–Crippen MR) is 101 cm³/mol. The lowest BCUT2D eigenvalue weighted by Crippen LogP contribution is -2.04. The Hall–Kier alpha value is -2.46. The van der Waals surface area contributed by atoms with Gasteiger partial charge < -0.3 is 9.52 Å². The molecule has 0 amide bonds. The second kappa shape index (κ2) is 7.19. The highest BCUT2D eigenvalue weighted by atomic mass is 32.2. The lowest BCUT2D eigenvalue weighted by Gasteiger charge is -2.15. The highest BCUT2D eigenvalue weighted by Gasteiger charge is 2.18. The van der Waals surface area contributed by atoms with Crippen molar-refractivity contribution in [1.29, 1.82) is 0 Å². The molecule has 1 N–H and O–H groups in total. The summed E-state index contributed by atoms with van der Waals surface area (Å²) in [4.78, 5) is 13.7. The van der Waals surface area contributed by atoms with Crippen LogP contribution in [-0.4, -0.2) is 5.11 Å². The molecule has 3 nitrogen and oxygen atoms in total. The van der Waals surface area contributed by atoms with Crippen LogP contribution in [0, 0.1) is 6.92 Å². The molecule has 3 aromatic rings. The van der Waals surface area contributed by atoms with Crippen LogP contribution in [0.3, 0.4) is 0 Å². The quantitative estimate of drug-likeness (QED) is 0.664. The van der Waals surface area contributed by atoms with Crippen LogP contribution in [0.2, 0.25) is 0 Å². The lowest BCUT2D eigenvalue weighted by molar-refractivity contribution is 0.430. The van der Waals surface area contributed by atoms with Crippen molar-refractivity contribution >= 4 is 11.8 Å². The Bertz CT molecular complexity index is 943. The third-order valence-corrected chi connectivity index (χ3v) is 5.36. The van der Waals surface area contributed by atoms with Crippen LogP contribution in [0.5, 0.6) is 5.75 Å². The summed E-state index contributed by atoms with van der Waals surface area (Å²) in [6, 6.07) is 16.8. The molecule has 0 saturated heterocycles. The minimum absolute atomic E-state index is 0.0573. The van der Waals surface area contributed by atoms with Gasteiger partial charge in [0.1, 0.15) is 16.4 Å². The molecule has 0 aliphatic heterocycles. The SMILES string of the molecule is Cc1cccc(C(C)C)c1Sc1c(O)cc(-c2ccccc2)oc1=O. The molecule has 1 heterocycles. The van der Waals surface area contributed by atoms with Crippen molar-refractivity contribution in [2.45, 2.75) is 36.5 Å². The second-order valence-electron chi connectivity index (χ2n) is 6.23. The first-order valence-corrected chi connectivity index (χ1v) is 8.99. The van der Waals surface area contributed by atoms with E-state index >= 15 is 0 Å². The van der Waals surface area contributed by atoms with E-state index in [4.69, 9.17) is 4.42 Å². The fourth-order valence-corrected chi connectivity index (χ4v) is 3.82. The fourth-order valence-electron chi connectivity index (χ4n) is 2.68. The normalized spacial score (nSPS) is 11.0. The van der Waals surface area contributed by atoms with Crippen molar-refractivity contribution in [1.82, 2.24) is 0 Å². The van der Waals surface area contributed by atoms with Gasteiger partial charge in [-0.3, -0.25) is 0 Å². The Labute approximate surface area is 151 Å². The highest BCUT2D eigenvalue weighted by molar-refractivity contribution is 7.99. The van der Waals surface area contributed by atoms with Gasteiger partial charge in [-0.1, -0.05) is 74.1 Å². The van der Waals surface area contributed by atoms with Gasteiger partial charge in [-0.2, -0.15) is 0 Å². The van der Waals surface area contributed by atoms with Gasteiger partial charge in [0, 0.05) is 16.5 Å². The maximum atomic E-state index is 12.5. The van der Waals surface area contributed by atoms with E-state index in [1.165, 1.54) is 17.8 Å². The molecule has 0 saturated carbocycles. The standard InChI is InChI=1S/C21H20O3S/c1-13(2)16-11-7-8-14(3)19(16)25-20-17(22)12-18(24-21(20)23)15-9-5-4-6-10-15/h4-13,22H,1-3H3. The summed E-state index contributed by atoms with van der Waals surface area (Å²) in [5.74, 6) is 0.625. The third-order valence-electron chi connectivity index (χ3n) is 4.02. The van der Waals surface area contributed by atoms with E-state index in [0.29, 0.717) is 11.7 Å². The van der Waals surface area contributed by atoms with E-state index in [-0.39, 0.29) is 10.6 Å². The van der Waals surface area contributed by atoms with Crippen LogP contribution in [0.15, 0.2) is 73.6 Å². The van der Waals surface area contributed by atoms with Gasteiger partial charge in [-0.15, -0.1) is 0 Å². The van der Waals surface area contributed by atoms with Crippen molar-refractivity contribution in [2.75, 3.05) is 0 Å². The van der Waals surface area contributed by atoms with E-state index in [9.17, 15) is 9.90 Å². The van der Waals surface area contributed by atoms with Crippen molar-refractivity contribution < 1.29 is 9.52 Å². The number of hydrogen-bond acceptors (Lipinski definition) is 4. The molecule has 0 fully saturated rings. The molecular weight excluding hydrogens is 332 g/mol. The summed E-state index contributed by atoms with van der Waals surface area (Å²) in [5.41, 5.74) is 2.45. The summed E-state index contributed by atoms with van der Waals surface area (Å²) in [7, 11) is 0. The zero-order chi connectivity index (χ0) is 18.0. The van der Waals surface area contributed by atoms with Gasteiger partial charge in [-0.25, -0.2) is 4.79 Å². The maximum Gasteiger partial charge on any atom is 0.354 e. The number of benzene rings is 2. The lowest BCUT2D eigenvalue weighted by atomic mass is 10.0. The molecular formula is C21H20O3S. The zero-order valence-corrected chi connectivity index (χ0v) is 15.3. The molecule has 0 aliphatic rings. The largest absolute Gasteiger partial charge is 0.506 e. The Morgan fingerprint density at radius 3 is 2.36 bits per heavy atom. The van der Waals surface area contributed by atoms with Crippen LogP contribution in [-0.2, 0) is 0 Å². The number of hydrogen-bond donors (Lipinski definition) is 1. The summed E-state index contributed by atoms with van der Waals surface area (Å²) >= 11 is 1.27. The molecule has 0 spiro atoms. The third kappa shape index (κ3) is 3.64. The smallest absolute Gasteiger partial charge is 0.354 e. The molecule has 1 aromatic heterocycles. The van der Waals surface area contributed by atoms with Gasteiger partial charge in [0.15, 0.2) is 0 Å². The molecule has 25 heavy (non-hydrogen) atoms. The Balaban J connectivity index is 2.05. The van der Waals surface area contributed by atoms with Gasteiger partial charge >= 0.3 is 5.63 Å². The van der Waals surface area contributed by atoms with Crippen molar-refractivity contribution in [3.63, 3.8) is 0 Å². The van der Waals surface area contributed by atoms with Gasteiger partial charge in [-0.05, 0) is 24.0 Å². The molecule has 0 radical (unpaired) electrons. The fraction of sp³-hybridized carbons (Fsp3) is 0.190. The number of aryl methyl sites for hydroxylation is 1. The Morgan fingerprint density at radius 1 is 1.00 bits per heavy atom. The molecule has 128 valence electrons. The highest BCUT2D eigenvalue weighted by Crippen LogP contribution is 2.39. The Morgan fingerprint density at radius 2 is 1.72 bits per heavy atom. The van der Waals surface area contributed by atoms with E-state index in [1.807, 2.05) is 49.4 Å². The van der Waals surface area contributed by atoms with E-state index in [2.05, 4.69) is 19.9 Å².